The number of benzene rings is 2. The predicted octanol–water partition coefficient (Wildman–Crippen LogP) is 5.23. The second kappa shape index (κ2) is 9.70. The molecule has 0 saturated carbocycles. The average Bonchev–Trinajstić information content (AvgIpc) is 3.39. The number of aryl methyl sites for hydroxylation is 1. The fourth-order valence-corrected chi connectivity index (χ4v) is 4.72. The van der Waals surface area contributed by atoms with Crippen molar-refractivity contribution in [3.8, 4) is 17.2 Å². The van der Waals surface area contributed by atoms with Gasteiger partial charge in [0.15, 0.2) is 5.78 Å². The first kappa shape index (κ1) is 25.3. The highest BCUT2D eigenvalue weighted by Crippen LogP contribution is 2.33. The topological polar surface area (TPSA) is 79.0 Å². The van der Waals surface area contributed by atoms with Gasteiger partial charge in [-0.1, -0.05) is 12.1 Å². The lowest BCUT2D eigenvalue weighted by Crippen LogP contribution is -2.36. The summed E-state index contributed by atoms with van der Waals surface area (Å²) in [5.74, 6) is -3.97. The van der Waals surface area contributed by atoms with Crippen LogP contribution in [0.4, 0.5) is 8.78 Å². The molecule has 36 heavy (non-hydrogen) atoms. The Bertz CT molecular complexity index is 1530. The summed E-state index contributed by atoms with van der Waals surface area (Å²) in [5.41, 5.74) is 4.12. The van der Waals surface area contributed by atoms with Crippen molar-refractivity contribution in [3.63, 3.8) is 0 Å². The van der Waals surface area contributed by atoms with Crippen molar-refractivity contribution in [1.82, 2.24) is 14.5 Å². The lowest BCUT2D eigenvalue weighted by atomic mass is 9.97. The molecule has 0 bridgehead atoms. The van der Waals surface area contributed by atoms with Crippen molar-refractivity contribution >= 4 is 47.0 Å². The number of alkyl halides is 2. The van der Waals surface area contributed by atoms with Gasteiger partial charge in [-0.05, 0) is 47.5 Å². The molecule has 1 aliphatic heterocycles. The van der Waals surface area contributed by atoms with Crippen LogP contribution in [0.2, 0.25) is 0 Å². The Balaban J connectivity index is 0.00000304. The third kappa shape index (κ3) is 4.69. The molecule has 1 amide bonds. The number of nitriles is 1. The molecule has 0 N–H and O–H groups in total. The minimum Gasteiger partial charge on any atom is -0.351 e. The normalized spacial score (nSPS) is 16.6. The van der Waals surface area contributed by atoms with Gasteiger partial charge in [-0.15, -0.1) is 0 Å². The molecule has 0 radical (unpaired) electrons. The van der Waals surface area contributed by atoms with Gasteiger partial charge < -0.3 is 9.47 Å². The Kier molecular flexibility index (Phi) is 6.83. The van der Waals surface area contributed by atoms with E-state index >= 15 is 0 Å². The summed E-state index contributed by atoms with van der Waals surface area (Å²) in [6, 6.07) is 16.1. The van der Waals surface area contributed by atoms with Gasteiger partial charge in [0.2, 0.25) is 5.91 Å². The van der Waals surface area contributed by atoms with Gasteiger partial charge in [-0.2, -0.15) is 18.8 Å². The van der Waals surface area contributed by atoms with Gasteiger partial charge in [0.05, 0.1) is 18.1 Å². The summed E-state index contributed by atoms with van der Waals surface area (Å²) < 4.78 is 29.4. The number of aromatic nitrogens is 2. The second-order valence-electron chi connectivity index (χ2n) is 8.94. The first-order valence-corrected chi connectivity index (χ1v) is 11.3. The number of hydrogen-bond acceptors (Lipinski definition) is 4. The maximum Gasteiger partial charge on any atom is 0.268 e. The van der Waals surface area contributed by atoms with Crippen molar-refractivity contribution in [2.45, 2.75) is 31.2 Å². The molecular weight excluding hydrogens is 482 g/mol. The quantitative estimate of drug-likeness (QED) is 0.347. The lowest BCUT2D eigenvalue weighted by molar-refractivity contribution is -0.132. The Morgan fingerprint density at radius 2 is 1.86 bits per heavy atom. The third-order valence-corrected chi connectivity index (χ3v) is 6.57. The van der Waals surface area contributed by atoms with Crippen LogP contribution in [-0.2, 0) is 11.8 Å². The highest BCUT2D eigenvalue weighted by molar-refractivity contribution is 7.59. The highest BCUT2D eigenvalue weighted by atomic mass is 32.1. The van der Waals surface area contributed by atoms with Crippen LogP contribution in [0.1, 0.15) is 29.6 Å². The molecule has 184 valence electrons. The number of hydrogen-bond donors (Lipinski definition) is 0. The number of ketones is 1. The number of carbonyl (C=O) groups is 2. The molecule has 0 spiro atoms. The molecule has 2 aromatic heterocycles. The number of rotatable bonds is 5. The number of likely N-dealkylation sites (tertiary alicyclic amines) is 1. The number of halogens is 2. The number of fused-ring (bicyclic) bond motifs is 2. The lowest BCUT2D eigenvalue weighted by Gasteiger charge is -2.18. The summed E-state index contributed by atoms with van der Waals surface area (Å²) in [5, 5.41) is 10.9. The zero-order chi connectivity index (χ0) is 24.7. The smallest absolute Gasteiger partial charge is 0.268 e. The molecule has 1 aliphatic rings. The molecular formula is C27H24F2N4O2S. The first-order chi connectivity index (χ1) is 16.8. The number of amides is 1. The van der Waals surface area contributed by atoms with Crippen LogP contribution < -0.4 is 0 Å². The maximum absolute atomic E-state index is 13.7. The summed E-state index contributed by atoms with van der Waals surface area (Å²) in [6.45, 7) is -0.786. The van der Waals surface area contributed by atoms with Crippen LogP contribution >= 0.6 is 13.5 Å². The number of Topliss-reactive ketones (excluding diaryl/α,β-unsaturated/α-hetero) is 1. The van der Waals surface area contributed by atoms with Crippen LogP contribution in [0.15, 0.2) is 60.9 Å². The van der Waals surface area contributed by atoms with Gasteiger partial charge in [-0.3, -0.25) is 14.6 Å². The molecule has 6 nitrogen and oxygen atoms in total. The summed E-state index contributed by atoms with van der Waals surface area (Å²) in [4.78, 5) is 30.8. The van der Waals surface area contributed by atoms with Crippen molar-refractivity contribution in [2.75, 3.05) is 6.54 Å². The van der Waals surface area contributed by atoms with Crippen molar-refractivity contribution in [2.24, 2.45) is 7.05 Å². The van der Waals surface area contributed by atoms with Gasteiger partial charge in [0, 0.05) is 60.6 Å². The van der Waals surface area contributed by atoms with E-state index in [2.05, 4.69) is 11.1 Å². The van der Waals surface area contributed by atoms with Gasteiger partial charge in [-0.25, -0.2) is 8.78 Å². The molecule has 1 atom stereocenters. The zero-order valence-electron chi connectivity index (χ0n) is 19.5. The second-order valence-corrected chi connectivity index (χ2v) is 8.94. The maximum atomic E-state index is 13.7. The molecule has 3 heterocycles. The van der Waals surface area contributed by atoms with E-state index in [0.717, 1.165) is 26.9 Å². The molecule has 2 aromatic carbocycles. The molecule has 5 rings (SSSR count). The minimum atomic E-state index is -3.08. The van der Waals surface area contributed by atoms with E-state index in [1.54, 1.807) is 18.3 Å². The molecule has 4 aromatic rings. The highest BCUT2D eigenvalue weighted by Gasteiger charge is 2.47. The van der Waals surface area contributed by atoms with Crippen LogP contribution in [0.25, 0.3) is 32.9 Å². The summed E-state index contributed by atoms with van der Waals surface area (Å²) >= 11 is 0. The molecule has 0 aliphatic carbocycles. The van der Waals surface area contributed by atoms with Crippen LogP contribution in [0, 0.1) is 11.3 Å². The van der Waals surface area contributed by atoms with Gasteiger partial charge in [0.1, 0.15) is 6.04 Å². The monoisotopic (exact) mass is 506 g/mol. The SMILES string of the molecule is Cn1ccc2cc(-c3ccc4nccc(C(=O)CCC(=O)N5CC(F)(F)C[C@H]5C#N)c4c3)ccc21.S. The van der Waals surface area contributed by atoms with E-state index in [-0.39, 0.29) is 32.1 Å². The van der Waals surface area contributed by atoms with Crippen molar-refractivity contribution < 1.29 is 18.4 Å². The third-order valence-electron chi connectivity index (χ3n) is 6.57. The van der Waals surface area contributed by atoms with Crippen LogP contribution in [-0.4, -0.2) is 44.7 Å². The Morgan fingerprint density at radius 3 is 2.64 bits per heavy atom. The van der Waals surface area contributed by atoms with E-state index < -0.39 is 30.8 Å². The zero-order valence-corrected chi connectivity index (χ0v) is 20.5. The Hall–Kier alpha value is -3.77. The average molecular weight is 507 g/mol. The van der Waals surface area contributed by atoms with E-state index in [9.17, 15) is 18.4 Å². The van der Waals surface area contributed by atoms with E-state index in [0.29, 0.717) is 16.5 Å². The Labute approximate surface area is 213 Å². The molecule has 9 heteroatoms. The number of carbonyl (C=O) groups excluding carboxylic acids is 2. The minimum absolute atomic E-state index is 0. The molecule has 0 unspecified atom stereocenters. The predicted molar refractivity (Wildman–Crippen MR) is 138 cm³/mol. The molecule has 1 saturated heterocycles. The standard InChI is InChI=1S/C27H22F2N4O2.H2S/c1-32-11-9-19-12-17(3-5-24(19)32)18-2-4-23-22(13-18)21(8-10-31-23)25(34)6-7-26(35)33-16-27(28,29)14-20(33)15-30;/h2-5,8-13,20H,6-7,14,16H2,1H3;1H2/t20-;/m0./s1. The van der Waals surface area contributed by atoms with Gasteiger partial charge >= 0.3 is 0 Å². The van der Waals surface area contributed by atoms with Crippen LogP contribution in [0.5, 0.6) is 0 Å². The summed E-state index contributed by atoms with van der Waals surface area (Å²) in [7, 11) is 1.99. The number of nitrogens with zero attached hydrogens (tertiary/aromatic N) is 4. The van der Waals surface area contributed by atoms with Crippen LogP contribution in [0.3, 0.4) is 0 Å². The van der Waals surface area contributed by atoms with Crippen molar-refractivity contribution in [1.29, 1.82) is 5.26 Å². The van der Waals surface area contributed by atoms with E-state index in [1.807, 2.05) is 54.2 Å². The summed E-state index contributed by atoms with van der Waals surface area (Å²) in [6.07, 6.45) is 2.49. The van der Waals surface area contributed by atoms with E-state index in [1.165, 1.54) is 0 Å². The number of pyridine rings is 1. The fraction of sp³-hybridized carbons (Fsp3) is 0.259. The van der Waals surface area contributed by atoms with Crippen molar-refractivity contribution in [3.05, 3.63) is 66.5 Å². The first-order valence-electron chi connectivity index (χ1n) is 11.3. The Morgan fingerprint density at radius 1 is 1.11 bits per heavy atom. The van der Waals surface area contributed by atoms with Gasteiger partial charge in [0.25, 0.3) is 5.92 Å². The fourth-order valence-electron chi connectivity index (χ4n) is 4.72. The molecule has 1 fully saturated rings. The largest absolute Gasteiger partial charge is 0.351 e. The van der Waals surface area contributed by atoms with E-state index in [4.69, 9.17) is 5.26 Å².